The summed E-state index contributed by atoms with van der Waals surface area (Å²) in [6.07, 6.45) is -0.0178. The van der Waals surface area contributed by atoms with Crippen LogP contribution >= 0.6 is 0 Å². The van der Waals surface area contributed by atoms with Crippen LogP contribution in [0.25, 0.3) is 0 Å². The summed E-state index contributed by atoms with van der Waals surface area (Å²) in [4.78, 5) is 37.6. The van der Waals surface area contributed by atoms with Gasteiger partial charge in [0.15, 0.2) is 0 Å². The van der Waals surface area contributed by atoms with Gasteiger partial charge in [-0.3, -0.25) is 4.79 Å². The van der Waals surface area contributed by atoms with Crippen LogP contribution in [0, 0.1) is 11.8 Å². The lowest BCUT2D eigenvalue weighted by atomic mass is 9.99. The van der Waals surface area contributed by atoms with E-state index in [0.29, 0.717) is 12.0 Å². The second-order valence-corrected chi connectivity index (χ2v) is 8.39. The van der Waals surface area contributed by atoms with Crippen molar-refractivity contribution < 1.29 is 23.9 Å². The summed E-state index contributed by atoms with van der Waals surface area (Å²) in [6, 6.07) is 16.9. The van der Waals surface area contributed by atoms with Crippen LogP contribution in [0.1, 0.15) is 50.0 Å². The number of carbonyl (C=O) groups excluding carboxylic acids is 3. The fourth-order valence-corrected chi connectivity index (χ4v) is 3.06. The van der Waals surface area contributed by atoms with Crippen molar-refractivity contribution in [1.29, 1.82) is 0 Å². The lowest BCUT2D eigenvalue weighted by Gasteiger charge is -2.26. The van der Waals surface area contributed by atoms with Gasteiger partial charge in [0.1, 0.15) is 19.3 Å². The lowest BCUT2D eigenvalue weighted by Crippen LogP contribution is -2.48. The van der Waals surface area contributed by atoms with Gasteiger partial charge in [0, 0.05) is 5.56 Å². The van der Waals surface area contributed by atoms with Gasteiger partial charge in [0.05, 0.1) is 6.04 Å². The Bertz CT molecular complexity index is 886. The normalized spacial score (nSPS) is 13.5. The number of alkyl carbamates (subject to hydrolysis) is 1. The second kappa shape index (κ2) is 13.3. The van der Waals surface area contributed by atoms with E-state index in [1.165, 1.54) is 0 Å². The number of esters is 1. The van der Waals surface area contributed by atoms with Crippen LogP contribution < -0.4 is 10.6 Å². The van der Waals surface area contributed by atoms with Gasteiger partial charge in [-0.1, -0.05) is 82.6 Å². The summed E-state index contributed by atoms with van der Waals surface area (Å²) >= 11 is 0. The van der Waals surface area contributed by atoms with Crippen molar-refractivity contribution in [3.63, 3.8) is 0 Å². The molecule has 178 valence electrons. The van der Waals surface area contributed by atoms with E-state index < -0.39 is 18.1 Å². The quantitative estimate of drug-likeness (QED) is 0.493. The molecule has 33 heavy (non-hydrogen) atoms. The van der Waals surface area contributed by atoms with Gasteiger partial charge < -0.3 is 20.1 Å². The van der Waals surface area contributed by atoms with Gasteiger partial charge in [-0.2, -0.15) is 0 Å². The average molecular weight is 455 g/mol. The van der Waals surface area contributed by atoms with Gasteiger partial charge in [-0.05, 0) is 29.5 Å². The van der Waals surface area contributed by atoms with Crippen LogP contribution in [0.3, 0.4) is 0 Å². The van der Waals surface area contributed by atoms with Crippen molar-refractivity contribution in [2.45, 2.75) is 52.8 Å². The number of nitrogens with one attached hydrogen (secondary N) is 2. The molecular formula is C26H34N2O5. The Morgan fingerprint density at radius 3 is 2.03 bits per heavy atom. The summed E-state index contributed by atoms with van der Waals surface area (Å²) in [5.74, 6) is -0.901. The zero-order valence-corrected chi connectivity index (χ0v) is 19.7. The molecule has 0 radical (unpaired) electrons. The zero-order chi connectivity index (χ0) is 24.2. The molecule has 2 N–H and O–H groups in total. The van der Waals surface area contributed by atoms with E-state index in [-0.39, 0.29) is 37.0 Å². The predicted molar refractivity (Wildman–Crippen MR) is 126 cm³/mol. The highest BCUT2D eigenvalue weighted by molar-refractivity contribution is 5.94. The maximum Gasteiger partial charge on any atom is 0.408 e. The first-order valence-electron chi connectivity index (χ1n) is 11.3. The molecule has 0 aromatic heterocycles. The van der Waals surface area contributed by atoms with Gasteiger partial charge >= 0.3 is 12.1 Å². The number of hydrogen-bond acceptors (Lipinski definition) is 5. The van der Waals surface area contributed by atoms with E-state index in [9.17, 15) is 14.4 Å². The molecule has 0 unspecified atom stereocenters. The second-order valence-electron chi connectivity index (χ2n) is 8.39. The average Bonchev–Trinajstić information content (AvgIpc) is 2.83. The minimum atomic E-state index is -0.851. The summed E-state index contributed by atoms with van der Waals surface area (Å²) in [5, 5.41) is 5.56. The van der Waals surface area contributed by atoms with E-state index in [1.54, 1.807) is 24.3 Å². The molecule has 0 saturated carbocycles. The third-order valence-corrected chi connectivity index (χ3v) is 5.52. The molecule has 0 fully saturated rings. The first-order valence-corrected chi connectivity index (χ1v) is 11.3. The van der Waals surface area contributed by atoms with Crippen molar-refractivity contribution in [2.75, 3.05) is 6.61 Å². The summed E-state index contributed by atoms with van der Waals surface area (Å²) in [6.45, 7) is 7.78. The maximum atomic E-state index is 12.8. The molecule has 7 nitrogen and oxygen atoms in total. The monoisotopic (exact) mass is 454 g/mol. The smallest absolute Gasteiger partial charge is 0.408 e. The van der Waals surface area contributed by atoms with E-state index in [1.807, 2.05) is 64.1 Å². The van der Waals surface area contributed by atoms with Crippen molar-refractivity contribution in [2.24, 2.45) is 11.8 Å². The molecule has 2 aromatic carbocycles. The van der Waals surface area contributed by atoms with Crippen molar-refractivity contribution in [1.82, 2.24) is 10.6 Å². The predicted octanol–water partition coefficient (Wildman–Crippen LogP) is 4.33. The molecule has 0 aliphatic rings. The van der Waals surface area contributed by atoms with Crippen LogP contribution in [0.2, 0.25) is 0 Å². The number of hydrogen-bond donors (Lipinski definition) is 2. The largest absolute Gasteiger partial charge is 0.462 e. The molecule has 0 bridgehead atoms. The maximum absolute atomic E-state index is 12.8. The van der Waals surface area contributed by atoms with Crippen LogP contribution in [0.5, 0.6) is 0 Å². The molecule has 3 atom stereocenters. The van der Waals surface area contributed by atoms with Crippen LogP contribution in [-0.4, -0.2) is 36.7 Å². The highest BCUT2D eigenvalue weighted by atomic mass is 16.6. The Morgan fingerprint density at radius 1 is 0.848 bits per heavy atom. The SMILES string of the molecule is CC[C@@H](C)[C@H](NC(=O)OCc1ccccc1)C(=O)OC[C@@H](NC(=O)c1ccccc1)C(C)C. The van der Waals surface area contributed by atoms with E-state index in [4.69, 9.17) is 9.47 Å². The number of benzene rings is 2. The molecular weight excluding hydrogens is 420 g/mol. The van der Waals surface area contributed by atoms with Crippen molar-refractivity contribution in [3.8, 4) is 0 Å². The molecule has 0 aliphatic heterocycles. The molecule has 2 amide bonds. The highest BCUT2D eigenvalue weighted by Gasteiger charge is 2.29. The molecule has 0 saturated heterocycles. The van der Waals surface area contributed by atoms with Crippen LogP contribution in [0.15, 0.2) is 60.7 Å². The number of rotatable bonds is 11. The van der Waals surface area contributed by atoms with E-state index >= 15 is 0 Å². The highest BCUT2D eigenvalue weighted by Crippen LogP contribution is 2.12. The first-order chi connectivity index (χ1) is 15.8. The minimum absolute atomic E-state index is 0.00273. The van der Waals surface area contributed by atoms with Crippen molar-refractivity contribution in [3.05, 3.63) is 71.8 Å². The third kappa shape index (κ3) is 8.60. The summed E-state index contributed by atoms with van der Waals surface area (Å²) < 4.78 is 10.8. The molecule has 0 heterocycles. The summed E-state index contributed by atoms with van der Waals surface area (Å²) in [5.41, 5.74) is 1.39. The molecule has 0 aliphatic carbocycles. The van der Waals surface area contributed by atoms with Crippen LogP contribution in [-0.2, 0) is 20.9 Å². The standard InChI is InChI=1S/C26H34N2O5/c1-5-19(4)23(28-26(31)33-16-20-12-8-6-9-13-20)25(30)32-17-22(18(2)3)27-24(29)21-14-10-7-11-15-21/h6-15,18-19,22-23H,5,16-17H2,1-4H3,(H,27,29)(H,28,31)/t19-,22-,23+/m1/s1. The zero-order valence-electron chi connectivity index (χ0n) is 19.7. The van der Waals surface area contributed by atoms with E-state index in [0.717, 1.165) is 5.56 Å². The van der Waals surface area contributed by atoms with Gasteiger partial charge in [0.2, 0.25) is 0 Å². The Kier molecular flexibility index (Phi) is 10.4. The van der Waals surface area contributed by atoms with E-state index in [2.05, 4.69) is 10.6 Å². The number of carbonyl (C=O) groups is 3. The van der Waals surface area contributed by atoms with Gasteiger partial charge in [-0.25, -0.2) is 9.59 Å². The molecule has 7 heteroatoms. The molecule has 2 aromatic rings. The number of ether oxygens (including phenoxy) is 2. The Labute approximate surface area is 195 Å². The topological polar surface area (TPSA) is 93.7 Å². The Hall–Kier alpha value is -3.35. The van der Waals surface area contributed by atoms with Gasteiger partial charge in [-0.15, -0.1) is 0 Å². The van der Waals surface area contributed by atoms with Crippen LogP contribution in [0.4, 0.5) is 4.79 Å². The number of amides is 2. The first kappa shape index (κ1) is 25.9. The third-order valence-electron chi connectivity index (χ3n) is 5.52. The minimum Gasteiger partial charge on any atom is -0.462 e. The molecule has 0 spiro atoms. The van der Waals surface area contributed by atoms with Crippen molar-refractivity contribution >= 4 is 18.0 Å². The summed E-state index contributed by atoms with van der Waals surface area (Å²) in [7, 11) is 0. The Balaban J connectivity index is 1.93. The fraction of sp³-hybridized carbons (Fsp3) is 0.423. The molecule has 2 rings (SSSR count). The fourth-order valence-electron chi connectivity index (χ4n) is 3.06. The van der Waals surface area contributed by atoms with Gasteiger partial charge in [0.25, 0.3) is 5.91 Å². The Morgan fingerprint density at radius 2 is 1.45 bits per heavy atom. The lowest BCUT2D eigenvalue weighted by molar-refractivity contribution is -0.148.